The number of aryl methyl sites for hydroxylation is 1. The topological polar surface area (TPSA) is 59.2 Å². The summed E-state index contributed by atoms with van der Waals surface area (Å²) in [5.41, 5.74) is 3.77. The molecule has 1 aromatic heterocycles. The zero-order valence-electron chi connectivity index (χ0n) is 14.6. The number of benzene rings is 2. The molecule has 1 aliphatic heterocycles. The number of aromatic nitrogens is 2. The summed E-state index contributed by atoms with van der Waals surface area (Å²) in [5.74, 6) is 0.966. The fourth-order valence-corrected chi connectivity index (χ4v) is 3.47. The Morgan fingerprint density at radius 2 is 2.00 bits per heavy atom. The van der Waals surface area contributed by atoms with E-state index in [1.54, 1.807) is 4.90 Å². The molecule has 6 heteroatoms. The van der Waals surface area contributed by atoms with Crippen LogP contribution in [0.3, 0.4) is 0 Å². The Bertz CT molecular complexity index is 983. The SMILES string of the molecule is Cc1cccc(-c2noc(C3CC(=O)N(c4cccc(Cl)c4C)C3)n2)c1. The standard InChI is InChI=1S/C20H18ClN3O2/c1-12-5-3-6-14(9-12)19-22-20(26-23-19)15-10-18(25)24(11-15)17-8-4-7-16(21)13(17)2/h3-9,15H,10-11H2,1-2H3. The van der Waals surface area contributed by atoms with Crippen LogP contribution in [0.5, 0.6) is 0 Å². The van der Waals surface area contributed by atoms with Crippen LogP contribution >= 0.6 is 11.6 Å². The van der Waals surface area contributed by atoms with Crippen molar-refractivity contribution in [3.63, 3.8) is 0 Å². The van der Waals surface area contributed by atoms with Gasteiger partial charge < -0.3 is 9.42 Å². The molecule has 0 saturated carbocycles. The Morgan fingerprint density at radius 1 is 1.19 bits per heavy atom. The number of nitrogens with zero attached hydrogens (tertiary/aromatic N) is 3. The van der Waals surface area contributed by atoms with Crippen molar-refractivity contribution in [1.29, 1.82) is 0 Å². The van der Waals surface area contributed by atoms with E-state index in [0.29, 0.717) is 29.7 Å². The van der Waals surface area contributed by atoms with Gasteiger partial charge in [-0.2, -0.15) is 4.98 Å². The van der Waals surface area contributed by atoms with Crippen LogP contribution in [0.2, 0.25) is 5.02 Å². The first kappa shape index (κ1) is 16.8. The van der Waals surface area contributed by atoms with E-state index in [1.165, 1.54) is 0 Å². The molecule has 3 aromatic rings. The molecule has 1 aliphatic rings. The summed E-state index contributed by atoms with van der Waals surface area (Å²) in [6.45, 7) is 4.45. The Labute approximate surface area is 156 Å². The number of rotatable bonds is 3. The number of amides is 1. The van der Waals surface area contributed by atoms with Gasteiger partial charge in [0.1, 0.15) is 0 Å². The zero-order valence-corrected chi connectivity index (χ0v) is 15.3. The molecule has 2 heterocycles. The van der Waals surface area contributed by atoms with Crippen LogP contribution in [0.1, 0.15) is 29.4 Å². The normalized spacial score (nSPS) is 17.1. The molecule has 2 aromatic carbocycles. The maximum absolute atomic E-state index is 12.5. The summed E-state index contributed by atoms with van der Waals surface area (Å²) in [5, 5.41) is 4.74. The second-order valence-electron chi connectivity index (χ2n) is 6.62. The summed E-state index contributed by atoms with van der Waals surface area (Å²) in [4.78, 5) is 18.8. The average molecular weight is 368 g/mol. The number of anilines is 1. The van der Waals surface area contributed by atoms with Gasteiger partial charge in [0.25, 0.3) is 0 Å². The molecule has 132 valence electrons. The van der Waals surface area contributed by atoms with Crippen LogP contribution in [0.4, 0.5) is 5.69 Å². The molecule has 0 radical (unpaired) electrons. The second kappa shape index (κ2) is 6.57. The highest BCUT2D eigenvalue weighted by atomic mass is 35.5. The molecule has 0 spiro atoms. The molecule has 1 saturated heterocycles. The third kappa shape index (κ3) is 2.99. The molecule has 1 atom stereocenters. The summed E-state index contributed by atoms with van der Waals surface area (Å²) in [6.07, 6.45) is 0.349. The molecule has 4 rings (SSSR count). The van der Waals surface area contributed by atoms with Crippen LogP contribution in [0.25, 0.3) is 11.4 Å². The molecule has 1 fully saturated rings. The lowest BCUT2D eigenvalue weighted by atomic mass is 10.1. The molecule has 0 aliphatic carbocycles. The Balaban J connectivity index is 1.59. The number of hydrogen-bond donors (Lipinski definition) is 0. The monoisotopic (exact) mass is 367 g/mol. The van der Waals surface area contributed by atoms with E-state index in [1.807, 2.05) is 56.3 Å². The van der Waals surface area contributed by atoms with Crippen LogP contribution < -0.4 is 4.90 Å². The lowest BCUT2D eigenvalue weighted by molar-refractivity contribution is -0.117. The first-order valence-electron chi connectivity index (χ1n) is 8.49. The van der Waals surface area contributed by atoms with Crippen molar-refractivity contribution in [2.75, 3.05) is 11.4 Å². The average Bonchev–Trinajstić information content (AvgIpc) is 3.24. The van der Waals surface area contributed by atoms with E-state index in [-0.39, 0.29) is 11.8 Å². The molecule has 1 amide bonds. The molecule has 0 N–H and O–H groups in total. The van der Waals surface area contributed by atoms with E-state index in [9.17, 15) is 4.79 Å². The Morgan fingerprint density at radius 3 is 2.81 bits per heavy atom. The van der Waals surface area contributed by atoms with Gasteiger partial charge >= 0.3 is 0 Å². The van der Waals surface area contributed by atoms with Gasteiger partial charge in [-0.3, -0.25) is 4.79 Å². The van der Waals surface area contributed by atoms with Gasteiger partial charge in [-0.05, 0) is 37.6 Å². The van der Waals surface area contributed by atoms with Gasteiger partial charge in [0.2, 0.25) is 17.6 Å². The Kier molecular flexibility index (Phi) is 4.24. The maximum Gasteiger partial charge on any atom is 0.232 e. The fourth-order valence-electron chi connectivity index (χ4n) is 3.30. The first-order valence-corrected chi connectivity index (χ1v) is 8.87. The van der Waals surface area contributed by atoms with E-state index < -0.39 is 0 Å². The van der Waals surface area contributed by atoms with Crippen LogP contribution in [0.15, 0.2) is 47.0 Å². The van der Waals surface area contributed by atoms with Gasteiger partial charge in [0.05, 0.1) is 5.92 Å². The van der Waals surface area contributed by atoms with Crippen LogP contribution in [-0.4, -0.2) is 22.6 Å². The van der Waals surface area contributed by atoms with Gasteiger partial charge in [0.15, 0.2) is 0 Å². The Hall–Kier alpha value is -2.66. The molecule has 0 bridgehead atoms. The van der Waals surface area contributed by atoms with E-state index in [4.69, 9.17) is 16.1 Å². The smallest absolute Gasteiger partial charge is 0.232 e. The zero-order chi connectivity index (χ0) is 18.3. The molecular formula is C20H18ClN3O2. The number of carbonyl (C=O) groups excluding carboxylic acids is 1. The van der Waals surface area contributed by atoms with Gasteiger partial charge in [-0.25, -0.2) is 0 Å². The second-order valence-corrected chi connectivity index (χ2v) is 7.02. The number of halogens is 1. The third-order valence-electron chi connectivity index (χ3n) is 4.72. The summed E-state index contributed by atoms with van der Waals surface area (Å²) in [6, 6.07) is 13.5. The van der Waals surface area contributed by atoms with Crippen molar-refractivity contribution in [3.8, 4) is 11.4 Å². The van der Waals surface area contributed by atoms with Crippen molar-refractivity contribution >= 4 is 23.2 Å². The van der Waals surface area contributed by atoms with E-state index in [0.717, 1.165) is 22.4 Å². The molecule has 5 nitrogen and oxygen atoms in total. The minimum atomic E-state index is -0.119. The molecular weight excluding hydrogens is 350 g/mol. The minimum Gasteiger partial charge on any atom is -0.339 e. The lowest BCUT2D eigenvalue weighted by Crippen LogP contribution is -2.25. The third-order valence-corrected chi connectivity index (χ3v) is 5.13. The summed E-state index contributed by atoms with van der Waals surface area (Å²) in [7, 11) is 0. The molecule has 26 heavy (non-hydrogen) atoms. The van der Waals surface area contributed by atoms with Crippen LogP contribution in [-0.2, 0) is 4.79 Å². The van der Waals surface area contributed by atoms with Crippen molar-refractivity contribution < 1.29 is 9.32 Å². The largest absolute Gasteiger partial charge is 0.339 e. The van der Waals surface area contributed by atoms with E-state index >= 15 is 0 Å². The predicted octanol–water partition coefficient (Wildman–Crippen LogP) is 4.53. The maximum atomic E-state index is 12.5. The highest BCUT2D eigenvalue weighted by Gasteiger charge is 2.35. The summed E-state index contributed by atoms with van der Waals surface area (Å²) < 4.78 is 5.46. The lowest BCUT2D eigenvalue weighted by Gasteiger charge is -2.19. The number of hydrogen-bond acceptors (Lipinski definition) is 4. The fraction of sp³-hybridized carbons (Fsp3) is 0.250. The first-order chi connectivity index (χ1) is 12.5. The van der Waals surface area contributed by atoms with Gasteiger partial charge in [-0.15, -0.1) is 0 Å². The quantitative estimate of drug-likeness (QED) is 0.682. The number of carbonyl (C=O) groups is 1. The van der Waals surface area contributed by atoms with E-state index in [2.05, 4.69) is 10.1 Å². The van der Waals surface area contributed by atoms with Crippen LogP contribution in [0, 0.1) is 13.8 Å². The summed E-state index contributed by atoms with van der Waals surface area (Å²) >= 11 is 6.20. The van der Waals surface area contributed by atoms with Crippen molar-refractivity contribution in [3.05, 3.63) is 64.5 Å². The van der Waals surface area contributed by atoms with Crippen molar-refractivity contribution in [2.45, 2.75) is 26.2 Å². The highest BCUT2D eigenvalue weighted by molar-refractivity contribution is 6.31. The predicted molar refractivity (Wildman–Crippen MR) is 100 cm³/mol. The van der Waals surface area contributed by atoms with Crippen molar-refractivity contribution in [2.24, 2.45) is 0 Å². The highest BCUT2D eigenvalue weighted by Crippen LogP contribution is 2.35. The van der Waals surface area contributed by atoms with Crippen molar-refractivity contribution in [1.82, 2.24) is 10.1 Å². The van der Waals surface area contributed by atoms with Gasteiger partial charge in [0, 0.05) is 29.2 Å². The minimum absolute atomic E-state index is 0.0377. The van der Waals surface area contributed by atoms with Gasteiger partial charge in [-0.1, -0.05) is 46.6 Å². The molecule has 1 unspecified atom stereocenters.